The van der Waals surface area contributed by atoms with Gasteiger partial charge in [0.25, 0.3) is 0 Å². The van der Waals surface area contributed by atoms with Crippen molar-refractivity contribution in [1.29, 1.82) is 0 Å². The third-order valence-corrected chi connectivity index (χ3v) is 4.56. The van der Waals surface area contributed by atoms with Gasteiger partial charge in [-0.15, -0.1) is 0 Å². The summed E-state index contributed by atoms with van der Waals surface area (Å²) in [6.07, 6.45) is -1.28. The second-order valence-electron chi connectivity index (χ2n) is 6.22. The molecule has 0 spiro atoms. The average Bonchev–Trinajstić information content (AvgIpc) is 2.72. The molecule has 4 rings (SSSR count). The Balaban J connectivity index is 1.63. The summed E-state index contributed by atoms with van der Waals surface area (Å²) >= 11 is 0. The molecule has 0 fully saturated rings. The Morgan fingerprint density at radius 2 is 1.42 bits per heavy atom. The summed E-state index contributed by atoms with van der Waals surface area (Å²) in [4.78, 5) is 12.2. The third kappa shape index (κ3) is 3.05. The lowest BCUT2D eigenvalue weighted by Gasteiger charge is -2.13. The highest BCUT2D eigenvalue weighted by Gasteiger charge is 2.19. The number of aliphatic hydroxyl groups excluding tert-OH is 1. The van der Waals surface area contributed by atoms with E-state index in [4.69, 9.17) is 4.74 Å². The van der Waals surface area contributed by atoms with Crippen LogP contribution in [0.4, 0.5) is 0 Å². The van der Waals surface area contributed by atoms with E-state index in [1.807, 2.05) is 48.5 Å². The number of carbonyl (C=O) groups excluding carboxylic acids is 1. The summed E-state index contributed by atoms with van der Waals surface area (Å²) in [6, 6.07) is 27.1. The summed E-state index contributed by atoms with van der Waals surface area (Å²) in [5.41, 5.74) is 1.45. The summed E-state index contributed by atoms with van der Waals surface area (Å²) < 4.78 is 5.41. The Morgan fingerprint density at radius 1 is 0.808 bits per heavy atom. The molecule has 3 nitrogen and oxygen atoms in total. The molecule has 0 aliphatic carbocycles. The van der Waals surface area contributed by atoms with Gasteiger partial charge < -0.3 is 9.84 Å². The zero-order valence-electron chi connectivity index (χ0n) is 14.1. The fourth-order valence-corrected chi connectivity index (χ4v) is 3.25. The molecule has 4 aromatic carbocycles. The average molecular weight is 342 g/mol. The molecule has 0 heterocycles. The van der Waals surface area contributed by atoms with Crippen molar-refractivity contribution >= 4 is 27.5 Å². The Kier molecular flexibility index (Phi) is 4.38. The van der Waals surface area contributed by atoms with E-state index < -0.39 is 12.1 Å². The van der Waals surface area contributed by atoms with Crippen molar-refractivity contribution in [3.8, 4) is 0 Å². The van der Waals surface area contributed by atoms with E-state index in [1.165, 1.54) is 5.39 Å². The van der Waals surface area contributed by atoms with E-state index >= 15 is 0 Å². The Hall–Kier alpha value is -3.17. The molecule has 0 aliphatic heterocycles. The Labute approximate surface area is 151 Å². The summed E-state index contributed by atoms with van der Waals surface area (Å²) in [6.45, 7) is 0.119. The minimum Gasteiger partial charge on any atom is -0.459 e. The second kappa shape index (κ2) is 6.98. The smallest absolute Gasteiger partial charge is 0.339 e. The van der Waals surface area contributed by atoms with Gasteiger partial charge in [0.15, 0.2) is 6.10 Å². The van der Waals surface area contributed by atoms with Crippen molar-refractivity contribution in [3.63, 3.8) is 0 Å². The van der Waals surface area contributed by atoms with Crippen LogP contribution in [0.2, 0.25) is 0 Å². The molecule has 1 unspecified atom stereocenters. The van der Waals surface area contributed by atoms with Gasteiger partial charge in [0.05, 0.1) is 0 Å². The number of rotatable bonds is 4. The van der Waals surface area contributed by atoms with E-state index in [1.54, 1.807) is 24.3 Å². The SMILES string of the molecule is O=C(OCc1cc2ccccc2c2ccccc12)C(O)c1ccccc1. The first-order valence-electron chi connectivity index (χ1n) is 8.53. The zero-order valence-corrected chi connectivity index (χ0v) is 14.1. The van der Waals surface area contributed by atoms with Crippen LogP contribution < -0.4 is 0 Å². The maximum Gasteiger partial charge on any atom is 0.339 e. The van der Waals surface area contributed by atoms with Crippen molar-refractivity contribution in [2.75, 3.05) is 0 Å². The molecule has 0 saturated carbocycles. The first kappa shape index (κ1) is 16.3. The lowest BCUT2D eigenvalue weighted by atomic mass is 9.97. The largest absolute Gasteiger partial charge is 0.459 e. The molecule has 0 saturated heterocycles. The van der Waals surface area contributed by atoms with Gasteiger partial charge in [-0.05, 0) is 38.7 Å². The number of fused-ring (bicyclic) bond motifs is 3. The zero-order chi connectivity index (χ0) is 17.9. The van der Waals surface area contributed by atoms with Crippen molar-refractivity contribution in [2.24, 2.45) is 0 Å². The van der Waals surface area contributed by atoms with Crippen LogP contribution in [0, 0.1) is 0 Å². The molecule has 1 N–H and O–H groups in total. The van der Waals surface area contributed by atoms with Crippen LogP contribution in [0.15, 0.2) is 84.9 Å². The molecule has 0 bridgehead atoms. The van der Waals surface area contributed by atoms with Crippen molar-refractivity contribution in [2.45, 2.75) is 12.7 Å². The number of benzene rings is 4. The van der Waals surface area contributed by atoms with Crippen LogP contribution in [0.5, 0.6) is 0 Å². The number of hydrogen-bond acceptors (Lipinski definition) is 3. The molecule has 1 atom stereocenters. The third-order valence-electron chi connectivity index (χ3n) is 4.56. The normalized spacial score (nSPS) is 12.2. The number of esters is 1. The number of carbonyl (C=O) groups is 1. The predicted molar refractivity (Wildman–Crippen MR) is 103 cm³/mol. The molecular weight excluding hydrogens is 324 g/mol. The van der Waals surface area contributed by atoms with Crippen LogP contribution in [0.25, 0.3) is 21.5 Å². The van der Waals surface area contributed by atoms with Crippen LogP contribution in [-0.2, 0) is 16.1 Å². The molecule has 0 amide bonds. The second-order valence-corrected chi connectivity index (χ2v) is 6.22. The molecule has 0 radical (unpaired) electrons. The number of hydrogen-bond donors (Lipinski definition) is 1. The highest BCUT2D eigenvalue weighted by Crippen LogP contribution is 2.29. The van der Waals surface area contributed by atoms with E-state index in [-0.39, 0.29) is 6.61 Å². The first-order valence-corrected chi connectivity index (χ1v) is 8.53. The van der Waals surface area contributed by atoms with Gasteiger partial charge in [-0.1, -0.05) is 78.9 Å². The molecule has 0 aromatic heterocycles. The van der Waals surface area contributed by atoms with Gasteiger partial charge in [-0.2, -0.15) is 0 Å². The maximum atomic E-state index is 12.2. The minimum absolute atomic E-state index is 0.119. The van der Waals surface area contributed by atoms with Gasteiger partial charge >= 0.3 is 5.97 Å². The van der Waals surface area contributed by atoms with E-state index in [9.17, 15) is 9.90 Å². The summed E-state index contributed by atoms with van der Waals surface area (Å²) in [5.74, 6) is -0.645. The Bertz CT molecular complexity index is 1070. The molecule has 26 heavy (non-hydrogen) atoms. The van der Waals surface area contributed by atoms with Gasteiger partial charge in [-0.3, -0.25) is 0 Å². The van der Waals surface area contributed by atoms with Gasteiger partial charge in [0.2, 0.25) is 0 Å². The number of aliphatic hydroxyl groups is 1. The molecule has 4 aromatic rings. The van der Waals surface area contributed by atoms with Crippen LogP contribution in [0.3, 0.4) is 0 Å². The quantitative estimate of drug-likeness (QED) is 0.429. The van der Waals surface area contributed by atoms with E-state index in [0.29, 0.717) is 5.56 Å². The monoisotopic (exact) mass is 342 g/mol. The van der Waals surface area contributed by atoms with Gasteiger partial charge in [0, 0.05) is 0 Å². The lowest BCUT2D eigenvalue weighted by Crippen LogP contribution is -2.15. The topological polar surface area (TPSA) is 46.5 Å². The standard InChI is InChI=1S/C23H18O3/c24-22(16-8-2-1-3-9-16)23(25)26-15-18-14-17-10-4-5-11-19(17)21-13-7-6-12-20(18)21/h1-14,22,24H,15H2. The maximum absolute atomic E-state index is 12.2. The first-order chi connectivity index (χ1) is 12.7. The van der Waals surface area contributed by atoms with Gasteiger partial charge in [-0.25, -0.2) is 4.79 Å². The summed E-state index contributed by atoms with van der Waals surface area (Å²) in [7, 11) is 0. The van der Waals surface area contributed by atoms with Crippen LogP contribution >= 0.6 is 0 Å². The Morgan fingerprint density at radius 3 is 2.19 bits per heavy atom. The highest BCUT2D eigenvalue weighted by atomic mass is 16.5. The van der Waals surface area contributed by atoms with E-state index in [2.05, 4.69) is 12.1 Å². The summed E-state index contributed by atoms with van der Waals surface area (Å²) in [5, 5.41) is 14.6. The van der Waals surface area contributed by atoms with Crippen LogP contribution in [-0.4, -0.2) is 11.1 Å². The molecule has 3 heteroatoms. The predicted octanol–water partition coefficient (Wildman–Crippen LogP) is 4.77. The van der Waals surface area contributed by atoms with Crippen molar-refractivity contribution < 1.29 is 14.6 Å². The highest BCUT2D eigenvalue weighted by molar-refractivity contribution is 6.08. The van der Waals surface area contributed by atoms with E-state index in [0.717, 1.165) is 21.7 Å². The van der Waals surface area contributed by atoms with Crippen molar-refractivity contribution in [3.05, 3.63) is 96.1 Å². The minimum atomic E-state index is -1.28. The molecular formula is C23H18O3. The molecule has 128 valence electrons. The molecule has 0 aliphatic rings. The van der Waals surface area contributed by atoms with Crippen LogP contribution in [0.1, 0.15) is 17.2 Å². The fraction of sp³-hybridized carbons (Fsp3) is 0.0870. The number of ether oxygens (including phenoxy) is 1. The fourth-order valence-electron chi connectivity index (χ4n) is 3.25. The van der Waals surface area contributed by atoms with Gasteiger partial charge in [0.1, 0.15) is 6.61 Å². The van der Waals surface area contributed by atoms with Crippen molar-refractivity contribution in [1.82, 2.24) is 0 Å². The lowest BCUT2D eigenvalue weighted by molar-refractivity contribution is -0.155.